The number of rotatable bonds is 5. The molecule has 0 spiro atoms. The summed E-state index contributed by atoms with van der Waals surface area (Å²) >= 11 is 5.26. The van der Waals surface area contributed by atoms with Gasteiger partial charge in [0.2, 0.25) is 0 Å². The molecule has 0 aliphatic rings. The Hall–Kier alpha value is -1.30. The van der Waals surface area contributed by atoms with Crippen LogP contribution in [0.1, 0.15) is 10.4 Å². The van der Waals surface area contributed by atoms with Crippen LogP contribution in [-0.2, 0) is 0 Å². The SMILES string of the molecule is O=C(CCl)c1cccc(OC(F)(F)C(F)F)c1. The van der Waals surface area contributed by atoms with E-state index in [2.05, 4.69) is 4.74 Å². The van der Waals surface area contributed by atoms with Gasteiger partial charge in [-0.3, -0.25) is 4.79 Å². The van der Waals surface area contributed by atoms with Gasteiger partial charge in [0.05, 0.1) is 5.88 Å². The summed E-state index contributed by atoms with van der Waals surface area (Å²) < 4.78 is 52.7. The van der Waals surface area contributed by atoms with Crippen LogP contribution in [0.15, 0.2) is 24.3 Å². The predicted molar refractivity (Wildman–Crippen MR) is 53.1 cm³/mol. The fourth-order valence-corrected chi connectivity index (χ4v) is 1.17. The van der Waals surface area contributed by atoms with Gasteiger partial charge >= 0.3 is 12.5 Å². The second-order valence-electron chi connectivity index (χ2n) is 3.05. The third kappa shape index (κ3) is 3.59. The van der Waals surface area contributed by atoms with Gasteiger partial charge in [-0.05, 0) is 12.1 Å². The van der Waals surface area contributed by atoms with Crippen molar-refractivity contribution in [2.75, 3.05) is 5.88 Å². The first kappa shape index (κ1) is 13.8. The summed E-state index contributed by atoms with van der Waals surface area (Å²) in [4.78, 5) is 11.1. The molecule has 0 fully saturated rings. The Balaban J connectivity index is 2.90. The monoisotopic (exact) mass is 270 g/mol. The lowest BCUT2D eigenvalue weighted by Crippen LogP contribution is -2.33. The minimum Gasteiger partial charge on any atom is -0.428 e. The molecule has 0 heterocycles. The number of hydrogen-bond donors (Lipinski definition) is 0. The fourth-order valence-electron chi connectivity index (χ4n) is 1.01. The highest BCUT2D eigenvalue weighted by atomic mass is 35.5. The average Bonchev–Trinajstić information content (AvgIpc) is 2.27. The Labute approximate surface area is 99.1 Å². The lowest BCUT2D eigenvalue weighted by Gasteiger charge is -2.16. The molecule has 17 heavy (non-hydrogen) atoms. The summed E-state index contributed by atoms with van der Waals surface area (Å²) in [6.07, 6.45) is -8.54. The van der Waals surface area contributed by atoms with Crippen LogP contribution in [0.2, 0.25) is 0 Å². The van der Waals surface area contributed by atoms with Gasteiger partial charge in [-0.15, -0.1) is 11.6 Å². The topological polar surface area (TPSA) is 26.3 Å². The quantitative estimate of drug-likeness (QED) is 0.466. The molecule has 0 atom stereocenters. The summed E-state index contributed by atoms with van der Waals surface area (Å²) in [7, 11) is 0. The first-order valence-electron chi connectivity index (χ1n) is 4.41. The maximum atomic E-state index is 12.6. The molecular weight excluding hydrogens is 264 g/mol. The molecule has 1 aromatic carbocycles. The van der Waals surface area contributed by atoms with Gasteiger partial charge in [-0.2, -0.15) is 17.6 Å². The number of halogens is 5. The molecule has 0 saturated carbocycles. The van der Waals surface area contributed by atoms with E-state index in [4.69, 9.17) is 11.6 Å². The van der Waals surface area contributed by atoms with Gasteiger partial charge in [-0.25, -0.2) is 0 Å². The van der Waals surface area contributed by atoms with Crippen LogP contribution in [0.4, 0.5) is 17.6 Å². The lowest BCUT2D eigenvalue weighted by molar-refractivity contribution is -0.253. The summed E-state index contributed by atoms with van der Waals surface area (Å²) in [5, 5.41) is 0. The van der Waals surface area contributed by atoms with E-state index in [9.17, 15) is 22.4 Å². The Morgan fingerprint density at radius 3 is 2.59 bits per heavy atom. The first-order valence-corrected chi connectivity index (χ1v) is 4.94. The molecule has 1 aromatic rings. The second-order valence-corrected chi connectivity index (χ2v) is 3.32. The first-order chi connectivity index (χ1) is 7.86. The van der Waals surface area contributed by atoms with Gasteiger partial charge < -0.3 is 4.74 Å². The zero-order valence-corrected chi connectivity index (χ0v) is 9.06. The van der Waals surface area contributed by atoms with Crippen molar-refractivity contribution in [3.05, 3.63) is 29.8 Å². The zero-order chi connectivity index (χ0) is 13.1. The predicted octanol–water partition coefficient (Wildman–Crippen LogP) is 3.34. The van der Waals surface area contributed by atoms with Crippen LogP contribution in [0, 0.1) is 0 Å². The van der Waals surface area contributed by atoms with Crippen molar-refractivity contribution < 1.29 is 27.1 Å². The molecule has 2 nitrogen and oxygen atoms in total. The highest BCUT2D eigenvalue weighted by Gasteiger charge is 2.43. The third-order valence-corrected chi connectivity index (χ3v) is 2.03. The molecule has 0 aliphatic carbocycles. The number of carbonyl (C=O) groups is 1. The lowest BCUT2D eigenvalue weighted by atomic mass is 10.1. The van der Waals surface area contributed by atoms with E-state index >= 15 is 0 Å². The molecule has 0 amide bonds. The molecule has 1 rings (SSSR count). The molecule has 0 saturated heterocycles. The maximum absolute atomic E-state index is 12.6. The molecule has 0 aliphatic heterocycles. The molecule has 94 valence electrons. The number of ether oxygens (including phenoxy) is 1. The number of carbonyl (C=O) groups excluding carboxylic acids is 1. The largest absolute Gasteiger partial charge is 0.461 e. The van der Waals surface area contributed by atoms with Gasteiger partial charge in [0.15, 0.2) is 5.78 Å². The van der Waals surface area contributed by atoms with Gasteiger partial charge in [-0.1, -0.05) is 12.1 Å². The molecule has 0 N–H and O–H groups in total. The molecule has 7 heteroatoms. The van der Waals surface area contributed by atoms with Crippen molar-refractivity contribution in [2.45, 2.75) is 12.5 Å². The minimum absolute atomic E-state index is 0.0163. The van der Waals surface area contributed by atoms with Crippen molar-refractivity contribution in [1.29, 1.82) is 0 Å². The van der Waals surface area contributed by atoms with E-state index in [1.54, 1.807) is 0 Å². The molecule has 0 radical (unpaired) electrons. The van der Waals surface area contributed by atoms with E-state index in [0.717, 1.165) is 12.1 Å². The highest BCUT2D eigenvalue weighted by Crippen LogP contribution is 2.27. The number of hydrogen-bond acceptors (Lipinski definition) is 2. The van der Waals surface area contributed by atoms with Crippen LogP contribution < -0.4 is 4.74 Å². The van der Waals surface area contributed by atoms with E-state index < -0.39 is 24.1 Å². The second kappa shape index (κ2) is 5.35. The summed E-state index contributed by atoms with van der Waals surface area (Å²) in [6.45, 7) is 0. The summed E-state index contributed by atoms with van der Waals surface area (Å²) in [5.74, 6) is -1.38. The molecule has 0 unspecified atom stereocenters. The smallest absolute Gasteiger partial charge is 0.428 e. The normalized spacial score (nSPS) is 11.6. The van der Waals surface area contributed by atoms with Crippen molar-refractivity contribution in [3.8, 4) is 5.75 Å². The molecular formula is C10H7ClF4O2. The van der Waals surface area contributed by atoms with Crippen LogP contribution in [0.25, 0.3) is 0 Å². The Morgan fingerprint density at radius 2 is 2.06 bits per heavy atom. The van der Waals surface area contributed by atoms with E-state index in [1.807, 2.05) is 0 Å². The summed E-state index contributed by atoms with van der Waals surface area (Å²) in [5.41, 5.74) is 0.0163. The van der Waals surface area contributed by atoms with Gasteiger partial charge in [0, 0.05) is 5.56 Å². The summed E-state index contributed by atoms with van der Waals surface area (Å²) in [6, 6.07) is 4.52. The van der Waals surface area contributed by atoms with Crippen molar-refractivity contribution >= 4 is 17.4 Å². The van der Waals surface area contributed by atoms with Gasteiger partial charge in [0.25, 0.3) is 0 Å². The van der Waals surface area contributed by atoms with Crippen LogP contribution in [0.5, 0.6) is 5.75 Å². The average molecular weight is 271 g/mol. The van der Waals surface area contributed by atoms with Crippen molar-refractivity contribution in [1.82, 2.24) is 0 Å². The van der Waals surface area contributed by atoms with Crippen LogP contribution in [0.3, 0.4) is 0 Å². The van der Waals surface area contributed by atoms with Crippen molar-refractivity contribution in [3.63, 3.8) is 0 Å². The fraction of sp³-hybridized carbons (Fsp3) is 0.300. The van der Waals surface area contributed by atoms with Crippen LogP contribution >= 0.6 is 11.6 Å². The van der Waals surface area contributed by atoms with Crippen LogP contribution in [-0.4, -0.2) is 24.2 Å². The van der Waals surface area contributed by atoms with E-state index in [-0.39, 0.29) is 11.4 Å². The number of alkyl halides is 5. The number of ketones is 1. The number of benzene rings is 1. The highest BCUT2D eigenvalue weighted by molar-refractivity contribution is 6.30. The molecule has 0 aromatic heterocycles. The molecule has 0 bridgehead atoms. The standard InChI is InChI=1S/C10H7ClF4O2/c11-5-8(16)6-2-1-3-7(4-6)17-10(14,15)9(12)13/h1-4,9H,5H2. The third-order valence-electron chi connectivity index (χ3n) is 1.79. The zero-order valence-electron chi connectivity index (χ0n) is 8.30. The minimum atomic E-state index is -4.59. The number of Topliss-reactive ketones (excluding diaryl/α,β-unsaturated/α-hetero) is 1. The van der Waals surface area contributed by atoms with E-state index in [0.29, 0.717) is 0 Å². The Kier molecular flexibility index (Phi) is 4.34. The van der Waals surface area contributed by atoms with E-state index in [1.165, 1.54) is 12.1 Å². The maximum Gasteiger partial charge on any atom is 0.461 e. The van der Waals surface area contributed by atoms with Gasteiger partial charge in [0.1, 0.15) is 5.75 Å². The Morgan fingerprint density at radius 1 is 1.41 bits per heavy atom. The van der Waals surface area contributed by atoms with Crippen molar-refractivity contribution in [2.24, 2.45) is 0 Å². The Bertz CT molecular complexity index is 409.